The molecule has 5 N–H and O–H groups in total. The highest BCUT2D eigenvalue weighted by Crippen LogP contribution is 2.10. The number of hydrogen-bond acceptors (Lipinski definition) is 4. The summed E-state index contributed by atoms with van der Waals surface area (Å²) in [5.41, 5.74) is 7.66. The van der Waals surface area contributed by atoms with Gasteiger partial charge < -0.3 is 21.5 Å². The van der Waals surface area contributed by atoms with Crippen molar-refractivity contribution >= 4 is 17.8 Å². The smallest absolute Gasteiger partial charge is 0.326 e. The maximum atomic E-state index is 13.1. The van der Waals surface area contributed by atoms with Gasteiger partial charge in [-0.05, 0) is 48.4 Å². The van der Waals surface area contributed by atoms with Crippen molar-refractivity contribution in [2.45, 2.75) is 57.7 Å². The minimum absolute atomic E-state index is 0.0136. The van der Waals surface area contributed by atoms with Crippen LogP contribution in [0.2, 0.25) is 0 Å². The molecular formula is C25H32FN3O4. The number of nitrogens with one attached hydrogen (secondary N) is 2. The van der Waals surface area contributed by atoms with Gasteiger partial charge in [0.2, 0.25) is 11.8 Å². The lowest BCUT2D eigenvalue weighted by Crippen LogP contribution is -2.55. The van der Waals surface area contributed by atoms with Crippen LogP contribution in [0.3, 0.4) is 0 Å². The van der Waals surface area contributed by atoms with Gasteiger partial charge in [0.15, 0.2) is 0 Å². The zero-order chi connectivity index (χ0) is 24.4. The van der Waals surface area contributed by atoms with Crippen LogP contribution >= 0.6 is 0 Å². The molecule has 0 radical (unpaired) electrons. The van der Waals surface area contributed by atoms with Crippen molar-refractivity contribution in [3.63, 3.8) is 0 Å². The minimum Gasteiger partial charge on any atom is -0.480 e. The molecule has 0 aliphatic rings. The van der Waals surface area contributed by atoms with Gasteiger partial charge in [0.25, 0.3) is 0 Å². The molecule has 2 amide bonds. The topological polar surface area (TPSA) is 122 Å². The molecule has 2 rings (SSSR count). The van der Waals surface area contributed by atoms with Crippen LogP contribution in [-0.4, -0.2) is 41.0 Å². The number of hydrogen-bond donors (Lipinski definition) is 4. The van der Waals surface area contributed by atoms with Crippen molar-refractivity contribution < 1.29 is 23.9 Å². The molecule has 0 fully saturated rings. The molecule has 0 aromatic heterocycles. The third-order valence-electron chi connectivity index (χ3n) is 5.23. The van der Waals surface area contributed by atoms with E-state index in [-0.39, 0.29) is 12.3 Å². The van der Waals surface area contributed by atoms with Gasteiger partial charge in [-0.1, -0.05) is 56.3 Å². The Balaban J connectivity index is 2.00. The normalized spacial score (nSPS) is 13.7. The third-order valence-corrected chi connectivity index (χ3v) is 5.23. The minimum atomic E-state index is -1.22. The largest absolute Gasteiger partial charge is 0.480 e. The molecule has 0 aliphatic heterocycles. The Labute approximate surface area is 193 Å². The second-order valence-electron chi connectivity index (χ2n) is 8.55. The molecule has 0 saturated heterocycles. The first-order chi connectivity index (χ1) is 15.7. The van der Waals surface area contributed by atoms with Crippen LogP contribution in [0, 0.1) is 11.7 Å². The number of aryl methyl sites for hydroxylation is 1. The molecule has 2 aromatic carbocycles. The number of carbonyl (C=O) groups excluding carboxylic acids is 2. The van der Waals surface area contributed by atoms with Crippen LogP contribution in [0.25, 0.3) is 0 Å². The fourth-order valence-corrected chi connectivity index (χ4v) is 3.41. The summed E-state index contributed by atoms with van der Waals surface area (Å²) < 4.78 is 13.1. The van der Waals surface area contributed by atoms with E-state index < -0.39 is 41.7 Å². The first-order valence-electron chi connectivity index (χ1n) is 11.0. The maximum absolute atomic E-state index is 13.1. The van der Waals surface area contributed by atoms with E-state index in [0.29, 0.717) is 24.8 Å². The van der Waals surface area contributed by atoms with E-state index in [1.807, 2.05) is 44.2 Å². The molecule has 8 heteroatoms. The standard InChI is InChI=1S/C25H32FN3O4/c1-16(2)14-21(28-23(30)20(27)13-10-17-6-4-3-5-7-17)24(31)29-22(25(32)33)15-18-8-11-19(26)12-9-18/h3-9,11-12,16,20-22H,10,13-15,27H2,1-2H3,(H,28,30)(H,29,31)(H,32,33)/t20-,21-,22-/m0/s1. The van der Waals surface area contributed by atoms with Gasteiger partial charge in [-0.15, -0.1) is 0 Å². The fourth-order valence-electron chi connectivity index (χ4n) is 3.41. The highest BCUT2D eigenvalue weighted by Gasteiger charge is 2.28. The van der Waals surface area contributed by atoms with Crippen LogP contribution < -0.4 is 16.4 Å². The van der Waals surface area contributed by atoms with Crippen molar-refractivity contribution in [3.8, 4) is 0 Å². The van der Waals surface area contributed by atoms with Gasteiger partial charge in [0, 0.05) is 6.42 Å². The Kier molecular flexibility index (Phi) is 10.00. The van der Waals surface area contributed by atoms with Gasteiger partial charge in [-0.3, -0.25) is 9.59 Å². The van der Waals surface area contributed by atoms with Crippen LogP contribution in [0.5, 0.6) is 0 Å². The van der Waals surface area contributed by atoms with Gasteiger partial charge >= 0.3 is 5.97 Å². The predicted molar refractivity (Wildman–Crippen MR) is 124 cm³/mol. The number of carboxylic acid groups (broad SMARTS) is 1. The van der Waals surface area contributed by atoms with Gasteiger partial charge in [0.05, 0.1) is 6.04 Å². The average Bonchev–Trinajstić information content (AvgIpc) is 2.78. The lowest BCUT2D eigenvalue weighted by Gasteiger charge is -2.24. The highest BCUT2D eigenvalue weighted by atomic mass is 19.1. The summed E-state index contributed by atoms with van der Waals surface area (Å²) in [6, 6.07) is 12.1. The quantitative estimate of drug-likeness (QED) is 0.390. The summed E-state index contributed by atoms with van der Waals surface area (Å²) >= 11 is 0. The summed E-state index contributed by atoms with van der Waals surface area (Å²) in [6.45, 7) is 3.80. The number of carbonyl (C=O) groups is 3. The number of benzene rings is 2. The van der Waals surface area contributed by atoms with Gasteiger partial charge in [-0.2, -0.15) is 0 Å². The third kappa shape index (κ3) is 9.02. The molecule has 0 spiro atoms. The molecule has 2 aromatic rings. The summed E-state index contributed by atoms with van der Waals surface area (Å²) in [5, 5.41) is 14.7. The zero-order valence-corrected chi connectivity index (χ0v) is 19.0. The molecule has 0 saturated carbocycles. The lowest BCUT2D eigenvalue weighted by atomic mass is 10.00. The van der Waals surface area contributed by atoms with Crippen LogP contribution in [0.1, 0.15) is 37.8 Å². The van der Waals surface area contributed by atoms with Crippen molar-refractivity contribution in [1.82, 2.24) is 10.6 Å². The first kappa shape index (κ1) is 26.0. The van der Waals surface area contributed by atoms with Crippen molar-refractivity contribution in [2.24, 2.45) is 11.7 Å². The first-order valence-corrected chi connectivity index (χ1v) is 11.0. The number of carboxylic acids is 1. The highest BCUT2D eigenvalue weighted by molar-refractivity contribution is 5.91. The van der Waals surface area contributed by atoms with E-state index in [2.05, 4.69) is 10.6 Å². The Bertz CT molecular complexity index is 919. The number of halogens is 1. The van der Waals surface area contributed by atoms with E-state index in [1.54, 1.807) is 0 Å². The Morgan fingerprint density at radius 1 is 0.909 bits per heavy atom. The molecule has 33 heavy (non-hydrogen) atoms. The van der Waals surface area contributed by atoms with Crippen molar-refractivity contribution in [3.05, 3.63) is 71.5 Å². The maximum Gasteiger partial charge on any atom is 0.326 e. The van der Waals surface area contributed by atoms with E-state index in [4.69, 9.17) is 5.73 Å². The summed E-state index contributed by atoms with van der Waals surface area (Å²) in [6.07, 6.45) is 1.34. The van der Waals surface area contributed by atoms with Crippen molar-refractivity contribution in [1.29, 1.82) is 0 Å². The SMILES string of the molecule is CC(C)C[C@H](NC(=O)[C@@H](N)CCc1ccccc1)C(=O)N[C@@H](Cc1ccc(F)cc1)C(=O)O. The number of rotatable bonds is 12. The molecule has 0 unspecified atom stereocenters. The Morgan fingerprint density at radius 3 is 2.09 bits per heavy atom. The summed E-state index contributed by atoms with van der Waals surface area (Å²) in [7, 11) is 0. The lowest BCUT2D eigenvalue weighted by molar-refractivity contribution is -0.142. The number of aliphatic carboxylic acids is 1. The van der Waals surface area contributed by atoms with E-state index >= 15 is 0 Å². The van der Waals surface area contributed by atoms with E-state index in [1.165, 1.54) is 24.3 Å². The molecule has 178 valence electrons. The van der Waals surface area contributed by atoms with E-state index in [0.717, 1.165) is 5.56 Å². The van der Waals surface area contributed by atoms with Crippen LogP contribution in [0.15, 0.2) is 54.6 Å². The number of nitrogens with two attached hydrogens (primary N) is 1. The molecule has 7 nitrogen and oxygen atoms in total. The summed E-state index contributed by atoms with van der Waals surface area (Å²) in [5.74, 6) is -2.64. The fraction of sp³-hybridized carbons (Fsp3) is 0.400. The van der Waals surface area contributed by atoms with Gasteiger partial charge in [0.1, 0.15) is 17.9 Å². The van der Waals surface area contributed by atoms with Gasteiger partial charge in [-0.25, -0.2) is 9.18 Å². The molecule has 0 aliphatic carbocycles. The Hall–Kier alpha value is -3.26. The second kappa shape index (κ2) is 12.7. The van der Waals surface area contributed by atoms with Crippen LogP contribution in [0.4, 0.5) is 4.39 Å². The Morgan fingerprint density at radius 2 is 1.52 bits per heavy atom. The second-order valence-corrected chi connectivity index (χ2v) is 8.55. The van der Waals surface area contributed by atoms with Crippen molar-refractivity contribution in [2.75, 3.05) is 0 Å². The monoisotopic (exact) mass is 457 g/mol. The number of amides is 2. The predicted octanol–water partition coefficient (Wildman–Crippen LogP) is 2.43. The average molecular weight is 458 g/mol. The molecule has 0 heterocycles. The van der Waals surface area contributed by atoms with E-state index in [9.17, 15) is 23.9 Å². The molecule has 0 bridgehead atoms. The van der Waals surface area contributed by atoms with Crippen LogP contribution in [-0.2, 0) is 27.2 Å². The molecule has 3 atom stereocenters. The zero-order valence-electron chi connectivity index (χ0n) is 19.0. The summed E-state index contributed by atoms with van der Waals surface area (Å²) in [4.78, 5) is 37.2. The molecular weight excluding hydrogens is 425 g/mol.